The zero-order valence-electron chi connectivity index (χ0n) is 14.7. The van der Waals surface area contributed by atoms with Crippen molar-refractivity contribution in [3.63, 3.8) is 0 Å². The molecule has 0 aromatic carbocycles. The molecule has 0 aromatic heterocycles. The summed E-state index contributed by atoms with van der Waals surface area (Å²) < 4.78 is 0. The number of hydrogen-bond donors (Lipinski definition) is 1. The summed E-state index contributed by atoms with van der Waals surface area (Å²) in [7, 11) is 2.07. The van der Waals surface area contributed by atoms with Gasteiger partial charge in [0.1, 0.15) is 5.84 Å². The highest BCUT2D eigenvalue weighted by atomic mass is 15.2. The second kappa shape index (κ2) is 9.15. The van der Waals surface area contributed by atoms with Gasteiger partial charge in [0, 0.05) is 30.9 Å². The van der Waals surface area contributed by atoms with Crippen molar-refractivity contribution in [2.24, 2.45) is 10.9 Å². The first kappa shape index (κ1) is 18.1. The molecule has 0 saturated carbocycles. The first-order chi connectivity index (χ1) is 10.5. The van der Waals surface area contributed by atoms with Gasteiger partial charge >= 0.3 is 0 Å². The smallest absolute Gasteiger partial charge is 0.123 e. The molecule has 1 atom stereocenters. The minimum atomic E-state index is 0.338. The number of hydrogen-bond acceptors (Lipinski definition) is 3. The summed E-state index contributed by atoms with van der Waals surface area (Å²) in [6.07, 6.45) is 6.36. The van der Waals surface area contributed by atoms with Crippen molar-refractivity contribution in [3.05, 3.63) is 35.7 Å². The van der Waals surface area contributed by atoms with E-state index >= 15 is 0 Å². The van der Waals surface area contributed by atoms with Crippen LogP contribution in [-0.4, -0.2) is 30.9 Å². The van der Waals surface area contributed by atoms with Crippen LogP contribution in [-0.2, 0) is 0 Å². The Bertz CT molecular complexity index is 541. The first-order valence-corrected chi connectivity index (χ1v) is 7.99. The molecule has 0 saturated heterocycles. The number of rotatable bonds is 6. The lowest BCUT2D eigenvalue weighted by atomic mass is 10.1. The van der Waals surface area contributed by atoms with Crippen LogP contribution in [0.25, 0.3) is 0 Å². The van der Waals surface area contributed by atoms with Gasteiger partial charge in [-0.25, -0.2) is 0 Å². The Morgan fingerprint density at radius 2 is 2.27 bits per heavy atom. The lowest BCUT2D eigenvalue weighted by Crippen LogP contribution is -2.29. The predicted octanol–water partition coefficient (Wildman–Crippen LogP) is 3.72. The van der Waals surface area contributed by atoms with Crippen molar-refractivity contribution in [1.29, 1.82) is 0 Å². The average Bonchev–Trinajstić information content (AvgIpc) is 2.62. The summed E-state index contributed by atoms with van der Waals surface area (Å²) in [4.78, 5) is 6.84. The fourth-order valence-electron chi connectivity index (χ4n) is 2.44. The van der Waals surface area contributed by atoms with E-state index in [4.69, 9.17) is 0 Å². The second-order valence-electron chi connectivity index (χ2n) is 5.80. The number of nitrogens with one attached hydrogen (secondary N) is 1. The van der Waals surface area contributed by atoms with E-state index in [0.29, 0.717) is 12.5 Å². The lowest BCUT2D eigenvalue weighted by Gasteiger charge is -2.21. The highest BCUT2D eigenvalue weighted by molar-refractivity contribution is 5.94. The highest BCUT2D eigenvalue weighted by Crippen LogP contribution is 2.14. The fraction of sp³-hybridized carbons (Fsp3) is 0.526. The molecule has 3 nitrogen and oxygen atoms in total. The summed E-state index contributed by atoms with van der Waals surface area (Å²) in [6.45, 7) is 13.9. The number of allylic oxidation sites excluding steroid dienone is 2. The molecule has 1 N–H and O–H groups in total. The molecule has 0 aliphatic carbocycles. The standard InChI is InChI=1S/C19H29N3/c1-7-9-15(3)14-22(6)19-13-16(4)18(11-12-20-19)21-17(5)10-8-2/h11,13,15,21H,5,8,10,12,14H2,1-4,6H3. The first-order valence-electron chi connectivity index (χ1n) is 7.99. The molecule has 22 heavy (non-hydrogen) atoms. The van der Waals surface area contributed by atoms with E-state index in [1.165, 1.54) is 5.57 Å². The molecule has 1 aliphatic rings. The van der Waals surface area contributed by atoms with Crippen LogP contribution < -0.4 is 5.32 Å². The third-order valence-corrected chi connectivity index (χ3v) is 3.51. The van der Waals surface area contributed by atoms with Crippen LogP contribution in [0.5, 0.6) is 0 Å². The highest BCUT2D eigenvalue weighted by Gasteiger charge is 2.11. The molecule has 1 aliphatic heterocycles. The Morgan fingerprint density at radius 1 is 1.55 bits per heavy atom. The van der Waals surface area contributed by atoms with Gasteiger partial charge in [-0.3, -0.25) is 4.99 Å². The van der Waals surface area contributed by atoms with Gasteiger partial charge in [-0.2, -0.15) is 0 Å². The molecule has 1 rings (SSSR count). The predicted molar refractivity (Wildman–Crippen MR) is 96.6 cm³/mol. The largest absolute Gasteiger partial charge is 0.359 e. The number of amidine groups is 1. The molecule has 1 unspecified atom stereocenters. The average molecular weight is 299 g/mol. The molecule has 1 heterocycles. The third kappa shape index (κ3) is 5.81. The van der Waals surface area contributed by atoms with Gasteiger partial charge < -0.3 is 10.2 Å². The van der Waals surface area contributed by atoms with Crippen molar-refractivity contribution in [2.75, 3.05) is 20.1 Å². The van der Waals surface area contributed by atoms with Crippen molar-refractivity contribution in [3.8, 4) is 11.8 Å². The van der Waals surface area contributed by atoms with E-state index in [9.17, 15) is 0 Å². The Hall–Kier alpha value is -1.95. The lowest BCUT2D eigenvalue weighted by molar-refractivity contribution is 0.457. The van der Waals surface area contributed by atoms with Gasteiger partial charge in [-0.1, -0.05) is 25.8 Å². The molecule has 0 amide bonds. The topological polar surface area (TPSA) is 27.6 Å². The Kier molecular flexibility index (Phi) is 7.52. The molecule has 120 valence electrons. The minimum absolute atomic E-state index is 0.338. The van der Waals surface area contributed by atoms with Crippen LogP contribution in [0.2, 0.25) is 0 Å². The van der Waals surface area contributed by atoms with Crippen LogP contribution in [0.1, 0.15) is 40.5 Å². The van der Waals surface area contributed by atoms with Crippen molar-refractivity contribution < 1.29 is 0 Å². The van der Waals surface area contributed by atoms with Crippen molar-refractivity contribution in [2.45, 2.75) is 40.5 Å². The zero-order valence-corrected chi connectivity index (χ0v) is 14.7. The SMILES string of the molecule is C=C(CCC)NC1=CCN=C(N(C)CC(C)C#CC)C=C1C. The van der Waals surface area contributed by atoms with Gasteiger partial charge in [0.25, 0.3) is 0 Å². The molecule has 0 fully saturated rings. The number of likely N-dealkylation sites (N-methyl/N-ethyl adjacent to an activating group) is 1. The molecule has 0 bridgehead atoms. The van der Waals surface area contributed by atoms with Gasteiger partial charge in [0.15, 0.2) is 0 Å². The van der Waals surface area contributed by atoms with Crippen LogP contribution in [0.3, 0.4) is 0 Å². The summed E-state index contributed by atoms with van der Waals surface area (Å²) in [6, 6.07) is 0. The fourth-order valence-corrected chi connectivity index (χ4v) is 2.44. The van der Waals surface area contributed by atoms with Gasteiger partial charge in [0.05, 0.1) is 6.54 Å². The van der Waals surface area contributed by atoms with Gasteiger partial charge in [-0.15, -0.1) is 5.92 Å². The van der Waals surface area contributed by atoms with Crippen molar-refractivity contribution >= 4 is 5.84 Å². The Morgan fingerprint density at radius 3 is 2.91 bits per heavy atom. The molecular weight excluding hydrogens is 270 g/mol. The van der Waals surface area contributed by atoms with E-state index in [1.54, 1.807) is 0 Å². The van der Waals surface area contributed by atoms with Crippen LogP contribution in [0.4, 0.5) is 0 Å². The van der Waals surface area contributed by atoms with E-state index < -0.39 is 0 Å². The van der Waals surface area contributed by atoms with Crippen molar-refractivity contribution in [1.82, 2.24) is 10.2 Å². The molecule has 0 aromatic rings. The molecule has 0 spiro atoms. The number of aliphatic imine (C=N–C) groups is 1. The van der Waals surface area contributed by atoms with Gasteiger partial charge in [0.2, 0.25) is 0 Å². The molecule has 3 heteroatoms. The van der Waals surface area contributed by atoms with E-state index in [-0.39, 0.29) is 0 Å². The summed E-state index contributed by atoms with van der Waals surface area (Å²) in [5.74, 6) is 7.51. The number of nitrogens with zero attached hydrogens (tertiary/aromatic N) is 2. The zero-order chi connectivity index (χ0) is 16.5. The van der Waals surface area contributed by atoms with E-state index in [0.717, 1.165) is 36.6 Å². The van der Waals surface area contributed by atoms with Crippen LogP contribution in [0, 0.1) is 17.8 Å². The maximum absolute atomic E-state index is 4.66. The quantitative estimate of drug-likeness (QED) is 0.757. The normalized spacial score (nSPS) is 15.4. The van der Waals surface area contributed by atoms with E-state index in [1.807, 2.05) is 6.92 Å². The van der Waals surface area contributed by atoms with E-state index in [2.05, 4.69) is 73.6 Å². The summed E-state index contributed by atoms with van der Waals surface area (Å²) in [5.41, 5.74) is 3.37. The van der Waals surface area contributed by atoms with Gasteiger partial charge in [-0.05, 0) is 44.9 Å². The minimum Gasteiger partial charge on any atom is -0.359 e. The second-order valence-corrected chi connectivity index (χ2v) is 5.80. The van der Waals surface area contributed by atoms with Crippen LogP contribution >= 0.6 is 0 Å². The van der Waals surface area contributed by atoms with Crippen LogP contribution in [0.15, 0.2) is 40.7 Å². The maximum Gasteiger partial charge on any atom is 0.123 e. The monoisotopic (exact) mass is 299 g/mol. The Labute approximate surface area is 135 Å². The molecule has 0 radical (unpaired) electrons. The Balaban J connectivity index is 2.74. The molecular formula is C19H29N3. The third-order valence-electron chi connectivity index (χ3n) is 3.51. The summed E-state index contributed by atoms with van der Waals surface area (Å²) in [5, 5.41) is 3.41. The maximum atomic E-state index is 4.66. The summed E-state index contributed by atoms with van der Waals surface area (Å²) >= 11 is 0.